The molecule has 8 nitrogen and oxygen atoms in total. The average molecular weight is 512 g/mol. The topological polar surface area (TPSA) is 105 Å². The summed E-state index contributed by atoms with van der Waals surface area (Å²) >= 11 is 0. The minimum Gasteiger partial charge on any atom is -0.397 e. The second kappa shape index (κ2) is 12.1. The van der Waals surface area contributed by atoms with E-state index in [1.165, 1.54) is 17.0 Å². The minimum atomic E-state index is -0.738. The SMILES string of the molecule is CCc1ccccc1OC1=NC(N(C)C(=O)C(C)CCCCO)=C(C(N)=O)[N+]1(C)Cc1ccc(F)cc1. The van der Waals surface area contributed by atoms with Gasteiger partial charge in [-0.1, -0.05) is 50.6 Å². The Balaban J connectivity index is 2.07. The quantitative estimate of drug-likeness (QED) is 0.355. The van der Waals surface area contributed by atoms with Gasteiger partial charge in [-0.15, -0.1) is 4.99 Å². The number of aliphatic hydroxyl groups excluding tert-OH is 1. The number of nitrogens with zero attached hydrogens (tertiary/aromatic N) is 3. The Bertz CT molecular complexity index is 1190. The van der Waals surface area contributed by atoms with E-state index < -0.39 is 5.91 Å². The molecular weight excluding hydrogens is 475 g/mol. The highest BCUT2D eigenvalue weighted by Gasteiger charge is 2.50. The van der Waals surface area contributed by atoms with E-state index in [0.717, 1.165) is 17.5 Å². The summed E-state index contributed by atoms with van der Waals surface area (Å²) in [6.07, 6.45) is 2.61. The lowest BCUT2D eigenvalue weighted by atomic mass is 10.0. The molecule has 0 radical (unpaired) electrons. The number of aliphatic hydroxyl groups is 1. The van der Waals surface area contributed by atoms with E-state index >= 15 is 0 Å². The molecule has 3 N–H and O–H groups in total. The Labute approximate surface area is 217 Å². The fraction of sp³-hybridized carbons (Fsp3) is 0.393. The monoisotopic (exact) mass is 511 g/mol. The van der Waals surface area contributed by atoms with Gasteiger partial charge >= 0.3 is 11.9 Å². The fourth-order valence-corrected chi connectivity index (χ4v) is 4.50. The van der Waals surface area contributed by atoms with Gasteiger partial charge < -0.3 is 15.6 Å². The molecule has 0 fully saturated rings. The van der Waals surface area contributed by atoms with Gasteiger partial charge in [0.15, 0.2) is 0 Å². The molecule has 1 aliphatic heterocycles. The lowest BCUT2D eigenvalue weighted by Gasteiger charge is -2.30. The first-order valence-corrected chi connectivity index (χ1v) is 12.5. The zero-order valence-electron chi connectivity index (χ0n) is 21.9. The van der Waals surface area contributed by atoms with Gasteiger partial charge in [0.25, 0.3) is 5.70 Å². The van der Waals surface area contributed by atoms with Crippen molar-refractivity contribution in [3.63, 3.8) is 0 Å². The Morgan fingerprint density at radius 3 is 2.46 bits per heavy atom. The highest BCUT2D eigenvalue weighted by atomic mass is 19.1. The molecule has 2 atom stereocenters. The zero-order valence-corrected chi connectivity index (χ0v) is 21.9. The number of aliphatic imine (C=N–C) groups is 1. The number of halogens is 1. The maximum absolute atomic E-state index is 13.6. The van der Waals surface area contributed by atoms with Crippen molar-refractivity contribution in [1.29, 1.82) is 0 Å². The standard InChI is InChI=1S/C28H35FN4O4/c1-5-21-11-6-7-12-23(21)37-28-31-26(32(3)27(36)19(2)10-8-9-17-34)24(25(30)35)33(28,4)18-20-13-15-22(29)16-14-20/h6-7,11-16,19,34H,5,8-10,17-18H2,1-4H3,(H-,30,35)/p+1. The number of rotatable bonds is 11. The van der Waals surface area contributed by atoms with Gasteiger partial charge in [0.05, 0.1) is 7.05 Å². The van der Waals surface area contributed by atoms with Crippen molar-refractivity contribution < 1.29 is 28.3 Å². The number of amides is 2. The molecule has 0 aliphatic carbocycles. The van der Waals surface area contributed by atoms with Gasteiger partial charge in [-0.2, -0.15) is 4.48 Å². The molecule has 9 heteroatoms. The van der Waals surface area contributed by atoms with Crippen LogP contribution < -0.4 is 10.5 Å². The van der Waals surface area contributed by atoms with Crippen LogP contribution in [0.3, 0.4) is 0 Å². The van der Waals surface area contributed by atoms with E-state index in [1.807, 2.05) is 31.2 Å². The van der Waals surface area contributed by atoms with Crippen molar-refractivity contribution in [3.8, 4) is 5.75 Å². The third-order valence-electron chi connectivity index (χ3n) is 6.64. The summed E-state index contributed by atoms with van der Waals surface area (Å²) in [5.74, 6) is -0.974. The number of hydrogen-bond acceptors (Lipinski definition) is 5. The smallest absolute Gasteiger partial charge is 0.397 e. The Hall–Kier alpha value is -3.56. The molecule has 2 aromatic carbocycles. The molecule has 0 aromatic heterocycles. The van der Waals surface area contributed by atoms with Crippen molar-refractivity contribution in [2.24, 2.45) is 16.6 Å². The van der Waals surface area contributed by atoms with E-state index in [2.05, 4.69) is 4.99 Å². The lowest BCUT2D eigenvalue weighted by Crippen LogP contribution is -2.51. The third kappa shape index (κ3) is 6.23. The first-order chi connectivity index (χ1) is 17.6. The van der Waals surface area contributed by atoms with Crippen LogP contribution in [-0.4, -0.2) is 53.0 Å². The average Bonchev–Trinajstić information content (AvgIpc) is 3.16. The van der Waals surface area contributed by atoms with Crippen LogP contribution in [0, 0.1) is 11.7 Å². The van der Waals surface area contributed by atoms with E-state index in [0.29, 0.717) is 25.0 Å². The summed E-state index contributed by atoms with van der Waals surface area (Å²) in [6.45, 7) is 4.08. The predicted molar refractivity (Wildman–Crippen MR) is 139 cm³/mol. The van der Waals surface area contributed by atoms with Crippen LogP contribution in [0.25, 0.3) is 0 Å². The third-order valence-corrected chi connectivity index (χ3v) is 6.64. The van der Waals surface area contributed by atoms with Crippen molar-refractivity contribution in [3.05, 3.63) is 77.0 Å². The number of carbonyl (C=O) groups excluding carboxylic acids is 2. The predicted octanol–water partition coefficient (Wildman–Crippen LogP) is 3.69. The molecule has 0 spiro atoms. The number of carbonyl (C=O) groups is 2. The van der Waals surface area contributed by atoms with Crippen LogP contribution in [0.4, 0.5) is 4.39 Å². The van der Waals surface area contributed by atoms with Crippen LogP contribution >= 0.6 is 0 Å². The molecule has 2 unspecified atom stereocenters. The van der Waals surface area contributed by atoms with E-state index in [9.17, 15) is 14.0 Å². The van der Waals surface area contributed by atoms with E-state index in [1.54, 1.807) is 33.2 Å². The summed E-state index contributed by atoms with van der Waals surface area (Å²) in [7, 11) is 3.31. The molecule has 1 heterocycles. The summed E-state index contributed by atoms with van der Waals surface area (Å²) in [5.41, 5.74) is 7.69. The molecule has 3 rings (SSSR count). The van der Waals surface area contributed by atoms with Gasteiger partial charge in [0, 0.05) is 25.1 Å². The van der Waals surface area contributed by atoms with E-state index in [4.69, 9.17) is 15.6 Å². The number of ether oxygens (including phenoxy) is 1. The second-order valence-corrected chi connectivity index (χ2v) is 9.49. The number of unbranched alkanes of at least 4 members (excludes halogenated alkanes) is 1. The maximum Gasteiger partial charge on any atom is 0.412 e. The highest BCUT2D eigenvalue weighted by Crippen LogP contribution is 2.34. The summed E-state index contributed by atoms with van der Waals surface area (Å²) < 4.78 is 19.7. The number of para-hydroxylation sites is 1. The number of amidine groups is 1. The number of quaternary nitrogens is 1. The number of aryl methyl sites for hydroxylation is 1. The van der Waals surface area contributed by atoms with Gasteiger partial charge in [0.1, 0.15) is 18.1 Å². The first-order valence-electron chi connectivity index (χ1n) is 12.5. The lowest BCUT2D eigenvalue weighted by molar-refractivity contribution is -0.796. The molecule has 1 aliphatic rings. The Morgan fingerprint density at radius 2 is 1.84 bits per heavy atom. The number of primary amides is 1. The minimum absolute atomic E-state index is 0.0666. The maximum atomic E-state index is 13.6. The zero-order chi connectivity index (χ0) is 27.2. The summed E-state index contributed by atoms with van der Waals surface area (Å²) in [6, 6.07) is 13.7. The second-order valence-electron chi connectivity index (χ2n) is 9.49. The molecule has 198 valence electrons. The molecule has 2 amide bonds. The van der Waals surface area contributed by atoms with Crippen LogP contribution in [-0.2, 0) is 22.6 Å². The largest absolute Gasteiger partial charge is 0.412 e. The summed E-state index contributed by atoms with van der Waals surface area (Å²) in [5, 5.41) is 9.07. The van der Waals surface area contributed by atoms with Gasteiger partial charge in [-0.3, -0.25) is 14.5 Å². The van der Waals surface area contributed by atoms with Crippen LogP contribution in [0.15, 0.2) is 65.0 Å². The van der Waals surface area contributed by atoms with Gasteiger partial charge in [-0.05, 0) is 43.0 Å². The first kappa shape index (κ1) is 28.0. The molecular formula is C28H36FN4O4+. The van der Waals surface area contributed by atoms with Gasteiger partial charge in [0.2, 0.25) is 11.7 Å². The Kier molecular flexibility index (Phi) is 9.18. The van der Waals surface area contributed by atoms with Crippen molar-refractivity contribution in [1.82, 2.24) is 4.90 Å². The normalized spacial score (nSPS) is 17.9. The molecule has 0 bridgehead atoms. The number of nitrogens with two attached hydrogens (primary N) is 1. The molecule has 2 aromatic rings. The van der Waals surface area contributed by atoms with Crippen LogP contribution in [0.2, 0.25) is 0 Å². The van der Waals surface area contributed by atoms with Crippen molar-refractivity contribution in [2.45, 2.75) is 46.1 Å². The van der Waals surface area contributed by atoms with Crippen LogP contribution in [0.1, 0.15) is 44.2 Å². The van der Waals surface area contributed by atoms with Crippen LogP contribution in [0.5, 0.6) is 5.75 Å². The fourth-order valence-electron chi connectivity index (χ4n) is 4.50. The summed E-state index contributed by atoms with van der Waals surface area (Å²) in [4.78, 5) is 32.2. The number of hydrogen-bond donors (Lipinski definition) is 2. The number of benzene rings is 2. The molecule has 37 heavy (non-hydrogen) atoms. The van der Waals surface area contributed by atoms with Crippen molar-refractivity contribution in [2.75, 3.05) is 20.7 Å². The van der Waals surface area contributed by atoms with Crippen molar-refractivity contribution >= 4 is 17.8 Å². The van der Waals surface area contributed by atoms with E-state index in [-0.39, 0.29) is 52.8 Å². The highest BCUT2D eigenvalue weighted by molar-refractivity contribution is 5.96. The molecule has 0 saturated carbocycles. The molecule has 0 saturated heterocycles. The number of likely N-dealkylation sites (N-methyl/N-ethyl adjacent to an activating group) is 1. The van der Waals surface area contributed by atoms with Gasteiger partial charge in [-0.25, -0.2) is 4.39 Å². The Morgan fingerprint density at radius 1 is 1.16 bits per heavy atom.